The van der Waals surface area contributed by atoms with Gasteiger partial charge in [-0.15, -0.1) is 12.4 Å². The largest absolute Gasteiger partial charge is 0.496 e. The highest BCUT2D eigenvalue weighted by Gasteiger charge is 2.18. The number of hydrogen-bond donors (Lipinski definition) is 1. The molecule has 0 bridgehead atoms. The van der Waals surface area contributed by atoms with Crippen LogP contribution in [0.5, 0.6) is 11.5 Å². The van der Waals surface area contributed by atoms with Crippen molar-refractivity contribution in [3.63, 3.8) is 0 Å². The third-order valence-corrected chi connectivity index (χ3v) is 4.19. The van der Waals surface area contributed by atoms with Gasteiger partial charge in [-0.25, -0.2) is 0 Å². The van der Waals surface area contributed by atoms with Crippen LogP contribution in [0.2, 0.25) is 0 Å². The number of hydrogen-bond acceptors (Lipinski definition) is 5. The molecule has 2 aromatic carbocycles. The molecule has 0 aliphatic carbocycles. The van der Waals surface area contributed by atoms with Crippen LogP contribution in [0.15, 0.2) is 42.5 Å². The number of nitrogens with one attached hydrogen (secondary N) is 1. The van der Waals surface area contributed by atoms with Gasteiger partial charge in [0.25, 0.3) is 0 Å². The first-order chi connectivity index (χ1) is 12.6. The summed E-state index contributed by atoms with van der Waals surface area (Å²) in [6.45, 7) is 5.49. The Balaban J connectivity index is 0.00000364. The minimum absolute atomic E-state index is 0. The SMILES string of the molecule is COc1cc(C(C)NCCOCc2ccccc2)cc(OC)c1C(C)=O.Cl. The molecular formula is C21H28ClNO4. The Morgan fingerprint density at radius 3 is 2.19 bits per heavy atom. The van der Waals surface area contributed by atoms with E-state index in [-0.39, 0.29) is 24.2 Å². The van der Waals surface area contributed by atoms with Gasteiger partial charge >= 0.3 is 0 Å². The number of rotatable bonds is 10. The lowest BCUT2D eigenvalue weighted by molar-refractivity contribution is 0.101. The third kappa shape index (κ3) is 6.54. The number of halogens is 1. The van der Waals surface area contributed by atoms with Crippen molar-refractivity contribution >= 4 is 18.2 Å². The van der Waals surface area contributed by atoms with E-state index in [2.05, 4.69) is 12.2 Å². The number of Topliss-reactive ketones (excluding diaryl/α,β-unsaturated/α-hetero) is 1. The van der Waals surface area contributed by atoms with E-state index in [0.717, 1.165) is 11.1 Å². The lowest BCUT2D eigenvalue weighted by Crippen LogP contribution is -2.23. The molecule has 1 atom stereocenters. The van der Waals surface area contributed by atoms with E-state index in [4.69, 9.17) is 14.2 Å². The minimum atomic E-state index is -0.0832. The van der Waals surface area contributed by atoms with Gasteiger partial charge in [0, 0.05) is 12.6 Å². The van der Waals surface area contributed by atoms with E-state index in [1.54, 1.807) is 14.2 Å². The van der Waals surface area contributed by atoms with E-state index in [9.17, 15) is 4.79 Å². The van der Waals surface area contributed by atoms with Gasteiger partial charge in [-0.3, -0.25) is 4.79 Å². The second-order valence-corrected chi connectivity index (χ2v) is 6.07. The third-order valence-electron chi connectivity index (χ3n) is 4.19. The van der Waals surface area contributed by atoms with Crippen molar-refractivity contribution in [2.24, 2.45) is 0 Å². The van der Waals surface area contributed by atoms with Crippen LogP contribution in [0.4, 0.5) is 0 Å². The molecule has 0 aliphatic rings. The number of carbonyl (C=O) groups excluding carboxylic acids is 1. The first-order valence-corrected chi connectivity index (χ1v) is 8.68. The van der Waals surface area contributed by atoms with Gasteiger partial charge in [0.15, 0.2) is 5.78 Å². The molecule has 0 aliphatic heterocycles. The second kappa shape index (κ2) is 11.6. The topological polar surface area (TPSA) is 56.8 Å². The average molecular weight is 394 g/mol. The molecule has 148 valence electrons. The van der Waals surface area contributed by atoms with E-state index < -0.39 is 0 Å². The van der Waals surface area contributed by atoms with Gasteiger partial charge in [-0.05, 0) is 37.1 Å². The highest BCUT2D eigenvalue weighted by Crippen LogP contribution is 2.33. The molecule has 0 radical (unpaired) electrons. The van der Waals surface area contributed by atoms with E-state index >= 15 is 0 Å². The standard InChI is InChI=1S/C21H27NO4.ClH/c1-15(22-10-11-26-14-17-8-6-5-7-9-17)18-12-19(24-3)21(16(2)23)20(13-18)25-4;/h5-9,12-13,15,22H,10-11,14H2,1-4H3;1H. The second-order valence-electron chi connectivity index (χ2n) is 6.07. The molecule has 2 aromatic rings. The molecule has 0 aromatic heterocycles. The molecule has 2 rings (SSSR count). The summed E-state index contributed by atoms with van der Waals surface area (Å²) in [6.07, 6.45) is 0. The summed E-state index contributed by atoms with van der Waals surface area (Å²) in [6, 6.07) is 13.9. The lowest BCUT2D eigenvalue weighted by Gasteiger charge is -2.18. The monoisotopic (exact) mass is 393 g/mol. The van der Waals surface area contributed by atoms with Crippen LogP contribution in [0.3, 0.4) is 0 Å². The summed E-state index contributed by atoms with van der Waals surface area (Å²) in [5.74, 6) is 0.974. The van der Waals surface area contributed by atoms with Crippen molar-refractivity contribution in [3.8, 4) is 11.5 Å². The number of ether oxygens (including phenoxy) is 3. The smallest absolute Gasteiger partial charge is 0.167 e. The maximum Gasteiger partial charge on any atom is 0.167 e. The van der Waals surface area contributed by atoms with Crippen molar-refractivity contribution in [1.29, 1.82) is 0 Å². The molecule has 0 saturated carbocycles. The van der Waals surface area contributed by atoms with Crippen LogP contribution in [0.1, 0.15) is 41.4 Å². The Labute approximate surface area is 167 Å². The van der Waals surface area contributed by atoms with Crippen LogP contribution < -0.4 is 14.8 Å². The molecule has 1 N–H and O–H groups in total. The zero-order chi connectivity index (χ0) is 18.9. The highest BCUT2D eigenvalue weighted by atomic mass is 35.5. The molecule has 0 spiro atoms. The Bertz CT molecular complexity index is 696. The summed E-state index contributed by atoms with van der Waals surface area (Å²) < 4.78 is 16.4. The fourth-order valence-corrected chi connectivity index (χ4v) is 2.76. The summed E-state index contributed by atoms with van der Waals surface area (Å²) in [5.41, 5.74) is 2.62. The number of ketones is 1. The molecule has 5 nitrogen and oxygen atoms in total. The first-order valence-electron chi connectivity index (χ1n) is 8.68. The van der Waals surface area contributed by atoms with Gasteiger partial charge in [0.1, 0.15) is 17.1 Å². The minimum Gasteiger partial charge on any atom is -0.496 e. The molecule has 0 fully saturated rings. The summed E-state index contributed by atoms with van der Waals surface area (Å²) in [4.78, 5) is 11.9. The maximum atomic E-state index is 11.9. The van der Waals surface area contributed by atoms with Crippen molar-refractivity contribution in [3.05, 3.63) is 59.2 Å². The maximum absolute atomic E-state index is 11.9. The van der Waals surface area contributed by atoms with Crippen molar-refractivity contribution < 1.29 is 19.0 Å². The number of carbonyl (C=O) groups is 1. The van der Waals surface area contributed by atoms with Gasteiger partial charge in [-0.1, -0.05) is 30.3 Å². The fourth-order valence-electron chi connectivity index (χ4n) is 2.76. The zero-order valence-corrected chi connectivity index (χ0v) is 17.1. The number of methoxy groups -OCH3 is 2. The van der Waals surface area contributed by atoms with Crippen LogP contribution >= 0.6 is 12.4 Å². The number of benzene rings is 2. The van der Waals surface area contributed by atoms with Crippen LogP contribution in [-0.4, -0.2) is 33.2 Å². The fraction of sp³-hybridized carbons (Fsp3) is 0.381. The normalized spacial score (nSPS) is 11.4. The summed E-state index contributed by atoms with van der Waals surface area (Å²) in [5, 5.41) is 3.42. The van der Waals surface area contributed by atoms with Gasteiger partial charge in [-0.2, -0.15) is 0 Å². The van der Waals surface area contributed by atoms with E-state index in [0.29, 0.717) is 36.8 Å². The first kappa shape index (κ1) is 23.0. The van der Waals surface area contributed by atoms with Crippen LogP contribution in [0.25, 0.3) is 0 Å². The molecule has 0 saturated heterocycles. The predicted molar refractivity (Wildman–Crippen MR) is 109 cm³/mol. The highest BCUT2D eigenvalue weighted by molar-refractivity contribution is 5.99. The van der Waals surface area contributed by atoms with Crippen LogP contribution in [-0.2, 0) is 11.3 Å². The van der Waals surface area contributed by atoms with Crippen molar-refractivity contribution in [2.75, 3.05) is 27.4 Å². The Hall–Kier alpha value is -2.08. The van der Waals surface area contributed by atoms with Gasteiger partial charge in [0.05, 0.1) is 27.4 Å². The Kier molecular flexibility index (Phi) is 9.86. The van der Waals surface area contributed by atoms with Crippen LogP contribution in [0, 0.1) is 0 Å². The molecule has 0 amide bonds. The Morgan fingerprint density at radius 1 is 1.07 bits per heavy atom. The average Bonchev–Trinajstić information content (AvgIpc) is 2.66. The molecular weight excluding hydrogens is 366 g/mol. The van der Waals surface area contributed by atoms with Crippen molar-refractivity contribution in [2.45, 2.75) is 26.5 Å². The lowest BCUT2D eigenvalue weighted by atomic mass is 10.0. The predicted octanol–water partition coefficient (Wildman–Crippen LogP) is 4.20. The summed E-state index contributed by atoms with van der Waals surface area (Å²) in [7, 11) is 3.11. The van der Waals surface area contributed by atoms with Gasteiger partial charge < -0.3 is 19.5 Å². The quantitative estimate of drug-likeness (QED) is 0.484. The van der Waals surface area contributed by atoms with E-state index in [1.807, 2.05) is 42.5 Å². The summed E-state index contributed by atoms with van der Waals surface area (Å²) >= 11 is 0. The molecule has 27 heavy (non-hydrogen) atoms. The molecule has 0 heterocycles. The Morgan fingerprint density at radius 2 is 1.67 bits per heavy atom. The molecule has 1 unspecified atom stereocenters. The van der Waals surface area contributed by atoms with Gasteiger partial charge in [0.2, 0.25) is 0 Å². The molecule has 6 heteroatoms. The zero-order valence-electron chi connectivity index (χ0n) is 16.3. The van der Waals surface area contributed by atoms with Crippen molar-refractivity contribution in [1.82, 2.24) is 5.32 Å². The van der Waals surface area contributed by atoms with E-state index in [1.165, 1.54) is 6.92 Å².